The minimum atomic E-state index is -0.552. The van der Waals surface area contributed by atoms with Gasteiger partial charge in [-0.3, -0.25) is 0 Å². The number of hydrogen-bond acceptors (Lipinski definition) is 2. The molecule has 0 saturated carbocycles. The summed E-state index contributed by atoms with van der Waals surface area (Å²) in [5.74, 6) is 1.26. The zero-order valence-electron chi connectivity index (χ0n) is 10.7. The van der Waals surface area contributed by atoms with E-state index in [1.54, 1.807) is 37.3 Å². The summed E-state index contributed by atoms with van der Waals surface area (Å²) in [5.41, 5.74) is 1.69. The fourth-order valence-electron chi connectivity index (χ4n) is 1.71. The standard InChI is InChI=1S/C15H14Cl2O2/c1-9-7-12(16)4-6-14(9)19-15-5-3-11(10(2)18)8-13(15)17/h3-8,10,18H,1-2H3. The molecule has 0 radical (unpaired) electrons. The van der Waals surface area contributed by atoms with Crippen LogP contribution in [0.5, 0.6) is 11.5 Å². The van der Waals surface area contributed by atoms with Gasteiger partial charge in [0.15, 0.2) is 0 Å². The summed E-state index contributed by atoms with van der Waals surface area (Å²) < 4.78 is 5.76. The first kappa shape index (κ1) is 14.2. The average Bonchev–Trinajstić information content (AvgIpc) is 2.34. The molecular formula is C15H14Cl2O2. The Hall–Kier alpha value is -1.22. The molecule has 0 fully saturated rings. The summed E-state index contributed by atoms with van der Waals surface area (Å²) in [5, 5.41) is 10.6. The van der Waals surface area contributed by atoms with Gasteiger partial charge < -0.3 is 9.84 Å². The highest BCUT2D eigenvalue weighted by molar-refractivity contribution is 6.32. The lowest BCUT2D eigenvalue weighted by molar-refractivity contribution is 0.199. The average molecular weight is 297 g/mol. The van der Waals surface area contributed by atoms with Gasteiger partial charge in [0.05, 0.1) is 11.1 Å². The maximum absolute atomic E-state index is 9.49. The van der Waals surface area contributed by atoms with E-state index >= 15 is 0 Å². The van der Waals surface area contributed by atoms with Crippen molar-refractivity contribution >= 4 is 23.2 Å². The van der Waals surface area contributed by atoms with Gasteiger partial charge in [0.2, 0.25) is 0 Å². The largest absolute Gasteiger partial charge is 0.456 e. The molecule has 2 aromatic carbocycles. The third-order valence-corrected chi connectivity index (χ3v) is 3.33. The van der Waals surface area contributed by atoms with Crippen molar-refractivity contribution in [3.8, 4) is 11.5 Å². The number of hydrogen-bond donors (Lipinski definition) is 1. The highest BCUT2D eigenvalue weighted by Crippen LogP contribution is 2.33. The number of halogens is 2. The molecule has 1 atom stereocenters. The van der Waals surface area contributed by atoms with Crippen LogP contribution in [0, 0.1) is 6.92 Å². The van der Waals surface area contributed by atoms with Gasteiger partial charge in [-0.1, -0.05) is 29.3 Å². The quantitative estimate of drug-likeness (QED) is 0.849. The molecule has 0 aromatic heterocycles. The van der Waals surface area contributed by atoms with E-state index in [0.29, 0.717) is 21.5 Å². The number of aryl methyl sites for hydroxylation is 1. The van der Waals surface area contributed by atoms with Crippen LogP contribution in [-0.2, 0) is 0 Å². The minimum Gasteiger partial charge on any atom is -0.456 e. The zero-order chi connectivity index (χ0) is 14.0. The minimum absolute atomic E-state index is 0.466. The van der Waals surface area contributed by atoms with E-state index in [2.05, 4.69) is 0 Å². The van der Waals surface area contributed by atoms with Crippen LogP contribution < -0.4 is 4.74 Å². The first-order valence-corrected chi connectivity index (χ1v) is 6.64. The van der Waals surface area contributed by atoms with E-state index in [-0.39, 0.29) is 0 Å². The molecule has 0 spiro atoms. The van der Waals surface area contributed by atoms with E-state index in [0.717, 1.165) is 11.1 Å². The van der Waals surface area contributed by atoms with Gasteiger partial charge in [-0.05, 0) is 55.3 Å². The van der Waals surface area contributed by atoms with Crippen LogP contribution in [0.2, 0.25) is 10.0 Å². The summed E-state index contributed by atoms with van der Waals surface area (Å²) in [6, 6.07) is 10.6. The van der Waals surface area contributed by atoms with Gasteiger partial charge in [0.1, 0.15) is 11.5 Å². The van der Waals surface area contributed by atoms with Gasteiger partial charge in [-0.25, -0.2) is 0 Å². The smallest absolute Gasteiger partial charge is 0.146 e. The van der Waals surface area contributed by atoms with Crippen LogP contribution in [0.25, 0.3) is 0 Å². The molecule has 2 nitrogen and oxygen atoms in total. The summed E-state index contributed by atoms with van der Waals surface area (Å²) in [6.07, 6.45) is -0.552. The fraction of sp³-hybridized carbons (Fsp3) is 0.200. The molecule has 0 saturated heterocycles. The molecule has 19 heavy (non-hydrogen) atoms. The molecule has 0 heterocycles. The van der Waals surface area contributed by atoms with Crippen LogP contribution in [-0.4, -0.2) is 5.11 Å². The third kappa shape index (κ3) is 3.41. The molecule has 2 rings (SSSR count). The molecule has 2 aromatic rings. The molecule has 0 amide bonds. The normalized spacial score (nSPS) is 12.3. The first-order chi connectivity index (χ1) is 8.97. The fourth-order valence-corrected chi connectivity index (χ4v) is 2.16. The predicted octanol–water partition coefficient (Wildman–Crippen LogP) is 5.15. The van der Waals surface area contributed by atoms with Gasteiger partial charge in [-0.15, -0.1) is 0 Å². The maximum Gasteiger partial charge on any atom is 0.146 e. The Morgan fingerprint density at radius 2 is 1.74 bits per heavy atom. The maximum atomic E-state index is 9.49. The van der Waals surface area contributed by atoms with Crippen molar-refractivity contribution in [3.63, 3.8) is 0 Å². The molecule has 0 aliphatic carbocycles. The van der Waals surface area contributed by atoms with Crippen molar-refractivity contribution in [1.82, 2.24) is 0 Å². The van der Waals surface area contributed by atoms with Crippen LogP contribution in [0.15, 0.2) is 36.4 Å². The van der Waals surface area contributed by atoms with Crippen LogP contribution in [0.1, 0.15) is 24.2 Å². The Kier molecular flexibility index (Phi) is 4.35. The van der Waals surface area contributed by atoms with Gasteiger partial charge in [0, 0.05) is 5.02 Å². The molecule has 4 heteroatoms. The van der Waals surface area contributed by atoms with E-state index < -0.39 is 6.10 Å². The van der Waals surface area contributed by atoms with Crippen molar-refractivity contribution in [2.24, 2.45) is 0 Å². The topological polar surface area (TPSA) is 29.5 Å². The second-order valence-corrected chi connectivity index (χ2v) is 5.22. The summed E-state index contributed by atoms with van der Waals surface area (Å²) >= 11 is 12.0. The number of ether oxygens (including phenoxy) is 1. The van der Waals surface area contributed by atoms with E-state index in [1.165, 1.54) is 0 Å². The lowest BCUT2D eigenvalue weighted by Crippen LogP contribution is -1.93. The van der Waals surface area contributed by atoms with Crippen molar-refractivity contribution < 1.29 is 9.84 Å². The highest BCUT2D eigenvalue weighted by atomic mass is 35.5. The molecule has 1 N–H and O–H groups in total. The second-order valence-electron chi connectivity index (χ2n) is 4.38. The Morgan fingerprint density at radius 1 is 1.05 bits per heavy atom. The molecule has 100 valence electrons. The number of aliphatic hydroxyl groups is 1. The summed E-state index contributed by atoms with van der Waals surface area (Å²) in [6.45, 7) is 3.61. The Labute approximate surface area is 122 Å². The van der Waals surface area contributed by atoms with Crippen molar-refractivity contribution in [3.05, 3.63) is 57.6 Å². The number of aliphatic hydroxyl groups excluding tert-OH is 1. The number of rotatable bonds is 3. The monoisotopic (exact) mass is 296 g/mol. The van der Waals surface area contributed by atoms with Crippen LogP contribution >= 0.6 is 23.2 Å². The molecule has 0 aliphatic rings. The van der Waals surface area contributed by atoms with E-state index in [4.69, 9.17) is 27.9 Å². The number of benzene rings is 2. The lowest BCUT2D eigenvalue weighted by Gasteiger charge is -2.12. The van der Waals surface area contributed by atoms with Crippen LogP contribution in [0.4, 0.5) is 0 Å². The Morgan fingerprint density at radius 3 is 2.32 bits per heavy atom. The van der Waals surface area contributed by atoms with E-state index in [9.17, 15) is 5.11 Å². The van der Waals surface area contributed by atoms with Gasteiger partial charge in [0.25, 0.3) is 0 Å². The van der Waals surface area contributed by atoms with Crippen molar-refractivity contribution in [1.29, 1.82) is 0 Å². The first-order valence-electron chi connectivity index (χ1n) is 5.89. The predicted molar refractivity (Wildman–Crippen MR) is 78.3 cm³/mol. The SMILES string of the molecule is Cc1cc(Cl)ccc1Oc1ccc(C(C)O)cc1Cl. The van der Waals surface area contributed by atoms with Gasteiger partial charge in [-0.2, -0.15) is 0 Å². The molecule has 0 aliphatic heterocycles. The van der Waals surface area contributed by atoms with Crippen molar-refractivity contribution in [2.45, 2.75) is 20.0 Å². The lowest BCUT2D eigenvalue weighted by atomic mass is 10.1. The Bertz CT molecular complexity index is 595. The summed E-state index contributed by atoms with van der Waals surface area (Å²) in [7, 11) is 0. The zero-order valence-corrected chi connectivity index (χ0v) is 12.2. The summed E-state index contributed by atoms with van der Waals surface area (Å²) in [4.78, 5) is 0. The highest BCUT2D eigenvalue weighted by Gasteiger charge is 2.09. The van der Waals surface area contributed by atoms with Crippen LogP contribution in [0.3, 0.4) is 0 Å². The molecular weight excluding hydrogens is 283 g/mol. The molecule has 0 bridgehead atoms. The van der Waals surface area contributed by atoms with Crippen molar-refractivity contribution in [2.75, 3.05) is 0 Å². The van der Waals surface area contributed by atoms with Gasteiger partial charge >= 0.3 is 0 Å². The third-order valence-electron chi connectivity index (χ3n) is 2.80. The van der Waals surface area contributed by atoms with E-state index in [1.807, 2.05) is 13.0 Å². The molecule has 1 unspecified atom stereocenters. The second kappa shape index (κ2) is 5.83. The Balaban J connectivity index is 2.28.